The normalized spacial score (nSPS) is 11.8. The Morgan fingerprint density at radius 3 is 2.27 bits per heavy atom. The molecular formula is C26H45N3O4. The molecule has 188 valence electrons. The highest BCUT2D eigenvalue weighted by Crippen LogP contribution is 2.14. The average molecular weight is 464 g/mol. The number of nitrogens with one attached hydrogen (secondary N) is 2. The Balaban J connectivity index is 2.20. The van der Waals surface area contributed by atoms with Crippen molar-refractivity contribution in [3.63, 3.8) is 0 Å². The first-order valence-corrected chi connectivity index (χ1v) is 12.6. The fraction of sp³-hybridized carbons (Fsp3) is 0.692. The van der Waals surface area contributed by atoms with Gasteiger partial charge in [-0.1, -0.05) is 45.7 Å². The Bertz CT molecular complexity index is 645. The summed E-state index contributed by atoms with van der Waals surface area (Å²) in [5, 5.41) is 5.82. The van der Waals surface area contributed by atoms with Crippen molar-refractivity contribution in [2.24, 2.45) is 0 Å². The first-order valence-electron chi connectivity index (χ1n) is 12.6. The molecule has 0 aromatic heterocycles. The summed E-state index contributed by atoms with van der Waals surface area (Å²) in [7, 11) is 0. The summed E-state index contributed by atoms with van der Waals surface area (Å²) >= 11 is 0. The van der Waals surface area contributed by atoms with Gasteiger partial charge < -0.3 is 25.0 Å². The lowest BCUT2D eigenvalue weighted by Gasteiger charge is -2.20. The van der Waals surface area contributed by atoms with Crippen LogP contribution in [0.3, 0.4) is 0 Å². The van der Waals surface area contributed by atoms with Crippen molar-refractivity contribution in [3.05, 3.63) is 29.8 Å². The lowest BCUT2D eigenvalue weighted by Crippen LogP contribution is -2.33. The number of nitrogens with zero attached hydrogens (tertiary/aromatic N) is 1. The quantitative estimate of drug-likeness (QED) is 0.239. The second-order valence-corrected chi connectivity index (χ2v) is 8.59. The molecule has 0 aliphatic carbocycles. The third kappa shape index (κ3) is 14.5. The van der Waals surface area contributed by atoms with Crippen molar-refractivity contribution in [3.8, 4) is 5.75 Å². The molecule has 1 atom stereocenters. The number of rotatable bonds is 18. The molecule has 0 heterocycles. The average Bonchev–Trinajstić information content (AvgIpc) is 2.78. The number of hydrogen-bond donors (Lipinski definition) is 2. The van der Waals surface area contributed by atoms with E-state index in [1.165, 1.54) is 0 Å². The summed E-state index contributed by atoms with van der Waals surface area (Å²) in [4.78, 5) is 26.2. The minimum atomic E-state index is -0.465. The lowest BCUT2D eigenvalue weighted by atomic mass is 10.1. The zero-order chi connectivity index (χ0) is 24.3. The SMILES string of the molecule is CCCCCC(=O)NC(C)Cc1ccc(OCOC(=O)NCCCN(CCC)CCC)cc1. The van der Waals surface area contributed by atoms with Gasteiger partial charge in [0.1, 0.15) is 5.75 Å². The zero-order valence-electron chi connectivity index (χ0n) is 21.2. The number of benzene rings is 1. The molecule has 0 aliphatic heterocycles. The topological polar surface area (TPSA) is 79.9 Å². The van der Waals surface area contributed by atoms with Crippen LogP contribution in [0.4, 0.5) is 4.79 Å². The lowest BCUT2D eigenvalue weighted by molar-refractivity contribution is -0.121. The van der Waals surface area contributed by atoms with Gasteiger partial charge in [0, 0.05) is 19.0 Å². The standard InChI is InChI=1S/C26H45N3O4/c1-5-8-9-11-25(30)28-22(4)20-23-12-14-24(15-13-23)32-21-33-26(31)27-16-10-19-29(17-6-2)18-7-3/h12-15,22H,5-11,16-21H2,1-4H3,(H,27,31)(H,28,30). The van der Waals surface area contributed by atoms with Crippen LogP contribution in [0, 0.1) is 0 Å². The molecule has 1 unspecified atom stereocenters. The number of amides is 2. The molecule has 0 fully saturated rings. The highest BCUT2D eigenvalue weighted by atomic mass is 16.7. The van der Waals surface area contributed by atoms with Crippen LogP contribution in [0.1, 0.15) is 78.2 Å². The Morgan fingerprint density at radius 2 is 1.64 bits per heavy atom. The van der Waals surface area contributed by atoms with Crippen LogP contribution in [-0.2, 0) is 16.0 Å². The van der Waals surface area contributed by atoms with Gasteiger partial charge >= 0.3 is 6.09 Å². The van der Waals surface area contributed by atoms with Crippen molar-refractivity contribution in [2.75, 3.05) is 33.0 Å². The minimum Gasteiger partial charge on any atom is -0.457 e. The minimum absolute atomic E-state index is 0.0777. The highest BCUT2D eigenvalue weighted by molar-refractivity contribution is 5.76. The molecule has 0 aliphatic rings. The molecule has 33 heavy (non-hydrogen) atoms. The summed E-state index contributed by atoms with van der Waals surface area (Å²) in [6.45, 7) is 12.1. The van der Waals surface area contributed by atoms with Crippen LogP contribution in [0.15, 0.2) is 24.3 Å². The van der Waals surface area contributed by atoms with E-state index in [2.05, 4.69) is 36.3 Å². The molecule has 1 aromatic rings. The van der Waals surface area contributed by atoms with Gasteiger partial charge in [-0.2, -0.15) is 0 Å². The molecule has 0 saturated carbocycles. The number of unbranched alkanes of at least 4 members (excludes halogenated alkanes) is 2. The third-order valence-electron chi connectivity index (χ3n) is 5.30. The fourth-order valence-electron chi connectivity index (χ4n) is 3.67. The van der Waals surface area contributed by atoms with E-state index in [-0.39, 0.29) is 18.7 Å². The van der Waals surface area contributed by atoms with E-state index >= 15 is 0 Å². The summed E-state index contributed by atoms with van der Waals surface area (Å²) < 4.78 is 10.6. The van der Waals surface area contributed by atoms with Gasteiger partial charge in [-0.05, 0) is 76.4 Å². The van der Waals surface area contributed by atoms with Gasteiger partial charge in [0.25, 0.3) is 0 Å². The molecule has 1 aromatic carbocycles. The molecule has 2 N–H and O–H groups in total. The second-order valence-electron chi connectivity index (χ2n) is 8.59. The number of ether oxygens (including phenoxy) is 2. The first-order chi connectivity index (χ1) is 16.0. The molecule has 0 saturated heterocycles. The van der Waals surface area contributed by atoms with E-state index < -0.39 is 6.09 Å². The molecule has 0 spiro atoms. The Hall–Kier alpha value is -2.28. The van der Waals surface area contributed by atoms with Gasteiger partial charge in [0.05, 0.1) is 0 Å². The predicted molar refractivity (Wildman–Crippen MR) is 134 cm³/mol. The Morgan fingerprint density at radius 1 is 0.939 bits per heavy atom. The number of hydrogen-bond acceptors (Lipinski definition) is 5. The maximum atomic E-state index is 11.9. The van der Waals surface area contributed by atoms with Gasteiger partial charge in [-0.3, -0.25) is 4.79 Å². The van der Waals surface area contributed by atoms with E-state index in [1.54, 1.807) is 0 Å². The first kappa shape index (κ1) is 28.8. The summed E-state index contributed by atoms with van der Waals surface area (Å²) in [6, 6.07) is 7.71. The van der Waals surface area contributed by atoms with Crippen LogP contribution in [-0.4, -0.2) is 55.9 Å². The highest BCUT2D eigenvalue weighted by Gasteiger charge is 2.09. The number of carbonyl (C=O) groups excluding carboxylic acids is 2. The van der Waals surface area contributed by atoms with Crippen LogP contribution in [0.25, 0.3) is 0 Å². The van der Waals surface area contributed by atoms with Gasteiger partial charge in [-0.25, -0.2) is 4.79 Å². The largest absolute Gasteiger partial charge is 0.457 e. The van der Waals surface area contributed by atoms with Crippen molar-refractivity contribution < 1.29 is 19.1 Å². The van der Waals surface area contributed by atoms with Crippen molar-refractivity contribution in [1.29, 1.82) is 0 Å². The van der Waals surface area contributed by atoms with Crippen LogP contribution >= 0.6 is 0 Å². The summed E-state index contributed by atoms with van der Waals surface area (Å²) in [5.74, 6) is 0.753. The van der Waals surface area contributed by atoms with E-state index in [4.69, 9.17) is 9.47 Å². The molecule has 2 amide bonds. The van der Waals surface area contributed by atoms with Crippen LogP contribution < -0.4 is 15.4 Å². The summed E-state index contributed by atoms with van der Waals surface area (Å²) in [6.07, 6.45) is 7.21. The maximum absolute atomic E-state index is 11.9. The van der Waals surface area contributed by atoms with E-state index in [0.29, 0.717) is 18.7 Å². The van der Waals surface area contributed by atoms with Gasteiger partial charge in [0.15, 0.2) is 0 Å². The third-order valence-corrected chi connectivity index (χ3v) is 5.30. The fourth-order valence-corrected chi connectivity index (χ4v) is 3.67. The monoisotopic (exact) mass is 463 g/mol. The van der Waals surface area contributed by atoms with E-state index in [0.717, 1.165) is 70.1 Å². The zero-order valence-corrected chi connectivity index (χ0v) is 21.2. The van der Waals surface area contributed by atoms with Crippen molar-refractivity contribution in [2.45, 2.75) is 85.1 Å². The molecule has 1 rings (SSSR count). The van der Waals surface area contributed by atoms with E-state index in [9.17, 15) is 9.59 Å². The van der Waals surface area contributed by atoms with Gasteiger partial charge in [-0.15, -0.1) is 0 Å². The van der Waals surface area contributed by atoms with E-state index in [1.807, 2.05) is 31.2 Å². The Kier molecular flexibility index (Phi) is 15.8. The molecule has 0 bridgehead atoms. The second kappa shape index (κ2) is 18.2. The molecule has 7 nitrogen and oxygen atoms in total. The number of alkyl carbamates (subject to hydrolysis) is 1. The number of carbonyl (C=O) groups is 2. The smallest absolute Gasteiger partial charge is 0.410 e. The van der Waals surface area contributed by atoms with Gasteiger partial charge in [0.2, 0.25) is 12.7 Å². The molecule has 7 heteroatoms. The maximum Gasteiger partial charge on any atom is 0.410 e. The predicted octanol–water partition coefficient (Wildman–Crippen LogP) is 4.89. The summed E-state index contributed by atoms with van der Waals surface area (Å²) in [5.41, 5.74) is 1.11. The molecule has 0 radical (unpaired) electrons. The van der Waals surface area contributed by atoms with Crippen molar-refractivity contribution in [1.82, 2.24) is 15.5 Å². The van der Waals surface area contributed by atoms with Crippen LogP contribution in [0.5, 0.6) is 5.75 Å². The van der Waals surface area contributed by atoms with Crippen LogP contribution in [0.2, 0.25) is 0 Å². The molecular weight excluding hydrogens is 418 g/mol. The van der Waals surface area contributed by atoms with Crippen molar-refractivity contribution >= 4 is 12.0 Å². The Labute approximate surface area is 200 Å².